The van der Waals surface area contributed by atoms with Gasteiger partial charge in [-0.25, -0.2) is 4.79 Å². The number of ether oxygens (including phenoxy) is 2. The van der Waals surface area contributed by atoms with Crippen LogP contribution in [0.2, 0.25) is 0 Å². The molecule has 2 aromatic rings. The zero-order chi connectivity index (χ0) is 14.4. The van der Waals surface area contributed by atoms with Crippen molar-refractivity contribution in [3.8, 4) is 5.75 Å². The molecule has 0 aliphatic carbocycles. The minimum Gasteiger partial charge on any atom is -0.494 e. The second kappa shape index (κ2) is 6.70. The molecule has 0 amide bonds. The first kappa shape index (κ1) is 14.0. The molecule has 0 radical (unpaired) electrons. The minimum atomic E-state index is -0.456. The molecule has 20 heavy (non-hydrogen) atoms. The van der Waals surface area contributed by atoms with Gasteiger partial charge in [-0.15, -0.1) is 0 Å². The Hall–Kier alpha value is -2.37. The summed E-state index contributed by atoms with van der Waals surface area (Å²) in [6, 6.07) is 6.86. The lowest BCUT2D eigenvalue weighted by atomic mass is 10.2. The Labute approximate surface area is 116 Å². The maximum atomic E-state index is 11.9. The lowest BCUT2D eigenvalue weighted by Gasteiger charge is -2.06. The number of carbonyl (C=O) groups is 1. The molecule has 0 fully saturated rings. The highest BCUT2D eigenvalue weighted by Gasteiger charge is 2.11. The molecule has 1 aromatic heterocycles. The van der Waals surface area contributed by atoms with Gasteiger partial charge in [0.05, 0.1) is 12.2 Å². The molecule has 2 rings (SSSR count). The van der Waals surface area contributed by atoms with E-state index in [1.54, 1.807) is 31.2 Å². The summed E-state index contributed by atoms with van der Waals surface area (Å²) in [7, 11) is 0. The molecule has 0 spiro atoms. The molecule has 0 aliphatic rings. The molecule has 0 saturated carbocycles. The average molecular weight is 276 g/mol. The Balaban J connectivity index is 1.94. The van der Waals surface area contributed by atoms with Crippen LogP contribution in [0.5, 0.6) is 5.75 Å². The summed E-state index contributed by atoms with van der Waals surface area (Å²) in [6.07, 6.45) is 0.908. The van der Waals surface area contributed by atoms with Crippen molar-refractivity contribution in [1.82, 2.24) is 10.1 Å². The molecule has 1 aromatic carbocycles. The van der Waals surface area contributed by atoms with Crippen LogP contribution < -0.4 is 4.74 Å². The van der Waals surface area contributed by atoms with Gasteiger partial charge in [0.25, 0.3) is 5.89 Å². The summed E-state index contributed by atoms with van der Waals surface area (Å²) in [5, 5.41) is 3.62. The molecule has 106 valence electrons. The van der Waals surface area contributed by atoms with Gasteiger partial charge < -0.3 is 14.0 Å². The number of hydrogen-bond acceptors (Lipinski definition) is 6. The third kappa shape index (κ3) is 3.81. The van der Waals surface area contributed by atoms with E-state index in [0.717, 1.165) is 6.42 Å². The summed E-state index contributed by atoms with van der Waals surface area (Å²) in [5.74, 6) is 0.970. The number of esters is 1. The van der Waals surface area contributed by atoms with Crippen LogP contribution in [0.15, 0.2) is 28.8 Å². The topological polar surface area (TPSA) is 74.5 Å². The van der Waals surface area contributed by atoms with Crippen LogP contribution >= 0.6 is 0 Å². The zero-order valence-corrected chi connectivity index (χ0v) is 11.5. The number of hydrogen-bond donors (Lipinski definition) is 0. The monoisotopic (exact) mass is 276 g/mol. The standard InChI is InChI=1S/C14H16N2O4/c1-3-7-18-12-6-4-5-11(8-12)14(17)19-9-13-15-10(2)16-20-13/h4-6,8H,3,7,9H2,1-2H3. The van der Waals surface area contributed by atoms with Crippen LogP contribution in [0, 0.1) is 6.92 Å². The van der Waals surface area contributed by atoms with E-state index in [-0.39, 0.29) is 12.5 Å². The van der Waals surface area contributed by atoms with Gasteiger partial charge >= 0.3 is 5.97 Å². The first-order valence-corrected chi connectivity index (χ1v) is 6.38. The van der Waals surface area contributed by atoms with Crippen molar-refractivity contribution < 1.29 is 18.8 Å². The van der Waals surface area contributed by atoms with E-state index >= 15 is 0 Å². The number of rotatable bonds is 6. The average Bonchev–Trinajstić information content (AvgIpc) is 2.88. The Morgan fingerprint density at radius 1 is 1.40 bits per heavy atom. The molecule has 0 bridgehead atoms. The first-order chi connectivity index (χ1) is 9.69. The Morgan fingerprint density at radius 2 is 2.25 bits per heavy atom. The largest absolute Gasteiger partial charge is 0.494 e. The fraction of sp³-hybridized carbons (Fsp3) is 0.357. The second-order valence-corrected chi connectivity index (χ2v) is 4.19. The fourth-order valence-electron chi connectivity index (χ4n) is 1.54. The molecule has 0 unspecified atom stereocenters. The maximum absolute atomic E-state index is 11.9. The van der Waals surface area contributed by atoms with Gasteiger partial charge in [0.1, 0.15) is 5.75 Å². The molecule has 0 aliphatic heterocycles. The quantitative estimate of drug-likeness (QED) is 0.755. The smallest absolute Gasteiger partial charge is 0.338 e. The van der Waals surface area contributed by atoms with Gasteiger partial charge in [0, 0.05) is 0 Å². The second-order valence-electron chi connectivity index (χ2n) is 4.19. The predicted molar refractivity (Wildman–Crippen MR) is 70.4 cm³/mol. The summed E-state index contributed by atoms with van der Waals surface area (Å²) < 4.78 is 15.4. The third-order valence-electron chi connectivity index (χ3n) is 2.44. The maximum Gasteiger partial charge on any atom is 0.338 e. The normalized spacial score (nSPS) is 10.3. The number of aryl methyl sites for hydroxylation is 1. The Kier molecular flexibility index (Phi) is 4.70. The minimum absolute atomic E-state index is 0.0419. The van der Waals surface area contributed by atoms with Gasteiger partial charge in [0.2, 0.25) is 0 Å². The highest BCUT2D eigenvalue weighted by Crippen LogP contribution is 2.15. The third-order valence-corrected chi connectivity index (χ3v) is 2.44. The van der Waals surface area contributed by atoms with Crippen LogP contribution in [-0.2, 0) is 11.3 Å². The van der Waals surface area contributed by atoms with Crippen molar-refractivity contribution in [1.29, 1.82) is 0 Å². The van der Waals surface area contributed by atoms with E-state index in [0.29, 0.717) is 23.7 Å². The number of benzene rings is 1. The Bertz CT molecular complexity index is 580. The first-order valence-electron chi connectivity index (χ1n) is 6.38. The van der Waals surface area contributed by atoms with Crippen LogP contribution in [-0.4, -0.2) is 22.7 Å². The van der Waals surface area contributed by atoms with Crippen LogP contribution in [0.4, 0.5) is 0 Å². The SMILES string of the molecule is CCCOc1cccc(C(=O)OCc2nc(C)no2)c1. The van der Waals surface area contributed by atoms with Gasteiger partial charge in [-0.1, -0.05) is 18.1 Å². The lowest BCUT2D eigenvalue weighted by Crippen LogP contribution is -2.06. The zero-order valence-electron chi connectivity index (χ0n) is 11.5. The van der Waals surface area contributed by atoms with E-state index < -0.39 is 5.97 Å². The van der Waals surface area contributed by atoms with Crippen molar-refractivity contribution in [2.45, 2.75) is 26.9 Å². The molecule has 1 heterocycles. The molecule has 6 nitrogen and oxygen atoms in total. The number of nitrogens with zero attached hydrogens (tertiary/aromatic N) is 2. The Morgan fingerprint density at radius 3 is 2.95 bits per heavy atom. The fourth-order valence-corrected chi connectivity index (χ4v) is 1.54. The van der Waals surface area contributed by atoms with Crippen molar-refractivity contribution >= 4 is 5.97 Å². The van der Waals surface area contributed by atoms with Gasteiger partial charge in [-0.3, -0.25) is 0 Å². The summed E-state index contributed by atoms with van der Waals surface area (Å²) in [6.45, 7) is 4.29. The molecular weight excluding hydrogens is 260 g/mol. The van der Waals surface area contributed by atoms with Crippen LogP contribution in [0.25, 0.3) is 0 Å². The highest BCUT2D eigenvalue weighted by molar-refractivity contribution is 5.89. The van der Waals surface area contributed by atoms with Gasteiger partial charge in [-0.05, 0) is 31.5 Å². The van der Waals surface area contributed by atoms with Crippen molar-refractivity contribution in [3.63, 3.8) is 0 Å². The van der Waals surface area contributed by atoms with Crippen molar-refractivity contribution in [2.75, 3.05) is 6.61 Å². The van der Waals surface area contributed by atoms with E-state index in [2.05, 4.69) is 10.1 Å². The predicted octanol–water partition coefficient (Wildman–Crippen LogP) is 2.52. The summed E-state index contributed by atoms with van der Waals surface area (Å²) in [5.41, 5.74) is 0.426. The van der Waals surface area contributed by atoms with Gasteiger partial charge in [-0.2, -0.15) is 4.98 Å². The lowest BCUT2D eigenvalue weighted by molar-refractivity contribution is 0.0429. The van der Waals surface area contributed by atoms with E-state index in [9.17, 15) is 4.79 Å². The molecule has 0 N–H and O–H groups in total. The van der Waals surface area contributed by atoms with Crippen molar-refractivity contribution in [2.24, 2.45) is 0 Å². The number of carbonyl (C=O) groups excluding carboxylic acids is 1. The molecule has 6 heteroatoms. The molecule has 0 atom stereocenters. The van der Waals surface area contributed by atoms with Crippen LogP contribution in [0.3, 0.4) is 0 Å². The van der Waals surface area contributed by atoms with E-state index in [1.165, 1.54) is 0 Å². The number of aromatic nitrogens is 2. The summed E-state index contributed by atoms with van der Waals surface area (Å²) >= 11 is 0. The molecule has 0 saturated heterocycles. The van der Waals surface area contributed by atoms with Crippen molar-refractivity contribution in [3.05, 3.63) is 41.5 Å². The van der Waals surface area contributed by atoms with E-state index in [4.69, 9.17) is 14.0 Å². The van der Waals surface area contributed by atoms with Crippen LogP contribution in [0.1, 0.15) is 35.4 Å². The van der Waals surface area contributed by atoms with Gasteiger partial charge in [0.15, 0.2) is 12.4 Å². The highest BCUT2D eigenvalue weighted by atomic mass is 16.6. The molecular formula is C14H16N2O4. The van der Waals surface area contributed by atoms with E-state index in [1.807, 2.05) is 6.92 Å². The summed E-state index contributed by atoms with van der Waals surface area (Å²) in [4.78, 5) is 15.8.